The number of aliphatic carboxylic acids is 1. The van der Waals surface area contributed by atoms with Crippen LogP contribution in [0.5, 0.6) is 0 Å². The van der Waals surface area contributed by atoms with Crippen LogP contribution in [0.1, 0.15) is 10.6 Å². The van der Waals surface area contributed by atoms with Gasteiger partial charge in [-0.2, -0.15) is 0 Å². The van der Waals surface area contributed by atoms with Crippen LogP contribution in [0.3, 0.4) is 0 Å². The van der Waals surface area contributed by atoms with Gasteiger partial charge in [-0.1, -0.05) is 23.9 Å². The molecule has 1 aromatic carbocycles. The number of nitrogens with one attached hydrogen (secondary N) is 1. The minimum absolute atomic E-state index is 0.187. The summed E-state index contributed by atoms with van der Waals surface area (Å²) >= 11 is 0.721. The fraction of sp³-hybridized carbons (Fsp3) is 0.100. The Morgan fingerprint density at radius 1 is 1.38 bits per heavy atom. The van der Waals surface area contributed by atoms with Gasteiger partial charge in [0.2, 0.25) is 0 Å². The van der Waals surface area contributed by atoms with Crippen LogP contribution in [0.4, 0.5) is 0 Å². The summed E-state index contributed by atoms with van der Waals surface area (Å²) in [5.74, 6) is -1.09. The van der Waals surface area contributed by atoms with Gasteiger partial charge in [-0.3, -0.25) is 9.59 Å². The van der Waals surface area contributed by atoms with E-state index in [1.54, 1.807) is 12.1 Å². The number of carbonyl (C=O) groups is 2. The molecule has 0 radical (unpaired) electrons. The summed E-state index contributed by atoms with van der Waals surface area (Å²) in [6.07, 6.45) is 0. The molecule has 0 aliphatic carbocycles. The summed E-state index contributed by atoms with van der Waals surface area (Å²) < 4.78 is 0. The number of fused-ring (bicyclic) bond motifs is 1. The minimum atomic E-state index is -1.02. The van der Waals surface area contributed by atoms with Gasteiger partial charge in [0.1, 0.15) is 0 Å². The van der Waals surface area contributed by atoms with Gasteiger partial charge in [0.25, 0.3) is 5.12 Å². The second kappa shape index (κ2) is 4.36. The molecule has 0 saturated carbocycles. The van der Waals surface area contributed by atoms with Gasteiger partial charge in [-0.05, 0) is 12.1 Å². The van der Waals surface area contributed by atoms with Crippen LogP contribution >= 0.6 is 11.8 Å². The highest BCUT2D eigenvalue weighted by Gasteiger charge is 2.13. The molecule has 0 saturated heterocycles. The normalized spacial score (nSPS) is 10.5. The van der Waals surface area contributed by atoms with Gasteiger partial charge < -0.3 is 10.1 Å². The lowest BCUT2D eigenvalue weighted by Crippen LogP contribution is -2.04. The zero-order valence-corrected chi connectivity index (χ0v) is 8.95. The number of imidazole rings is 1. The molecule has 2 N–H and O–H groups in total. The van der Waals surface area contributed by atoms with Gasteiger partial charge in [-0.25, -0.2) is 4.98 Å². The molecule has 2 aromatic rings. The molecule has 0 bridgehead atoms. The van der Waals surface area contributed by atoms with E-state index >= 15 is 0 Å². The van der Waals surface area contributed by atoms with E-state index in [1.165, 1.54) is 0 Å². The number of para-hydroxylation sites is 2. The molecule has 0 fully saturated rings. The highest BCUT2D eigenvalue weighted by molar-refractivity contribution is 8.14. The molecule has 16 heavy (non-hydrogen) atoms. The largest absolute Gasteiger partial charge is 0.481 e. The monoisotopic (exact) mass is 236 g/mol. The van der Waals surface area contributed by atoms with Crippen molar-refractivity contribution in [3.05, 3.63) is 30.1 Å². The van der Waals surface area contributed by atoms with Crippen LogP contribution in [0.25, 0.3) is 11.0 Å². The molecule has 0 spiro atoms. The van der Waals surface area contributed by atoms with Crippen molar-refractivity contribution in [2.45, 2.75) is 0 Å². The number of hydrogen-bond acceptors (Lipinski definition) is 4. The number of thioether (sulfide) groups is 1. The third-order valence-electron chi connectivity index (χ3n) is 1.91. The van der Waals surface area contributed by atoms with E-state index in [2.05, 4.69) is 9.97 Å². The van der Waals surface area contributed by atoms with Crippen LogP contribution in [-0.2, 0) is 4.79 Å². The smallest absolute Gasteiger partial charge is 0.313 e. The fourth-order valence-corrected chi connectivity index (χ4v) is 1.73. The van der Waals surface area contributed by atoms with Crippen molar-refractivity contribution < 1.29 is 14.7 Å². The summed E-state index contributed by atoms with van der Waals surface area (Å²) in [5, 5.41) is 8.08. The van der Waals surface area contributed by atoms with E-state index in [4.69, 9.17) is 5.11 Å². The van der Waals surface area contributed by atoms with E-state index in [1.807, 2.05) is 12.1 Å². The standard InChI is InChI=1S/C10H8N2O3S/c13-8(14)5-16-10(15)9-11-6-3-1-2-4-7(6)12-9/h1-4H,5H2,(H,11,12)(H,13,14). The van der Waals surface area contributed by atoms with E-state index in [9.17, 15) is 9.59 Å². The van der Waals surface area contributed by atoms with Crippen molar-refractivity contribution >= 4 is 33.9 Å². The maximum absolute atomic E-state index is 11.5. The first-order valence-corrected chi connectivity index (χ1v) is 5.49. The minimum Gasteiger partial charge on any atom is -0.481 e. The Morgan fingerprint density at radius 3 is 2.81 bits per heavy atom. The Balaban J connectivity index is 2.20. The summed E-state index contributed by atoms with van der Waals surface area (Å²) in [6.45, 7) is 0. The quantitative estimate of drug-likeness (QED) is 0.844. The zero-order chi connectivity index (χ0) is 11.5. The molecular weight excluding hydrogens is 228 g/mol. The number of aromatic nitrogens is 2. The number of hydrogen-bond donors (Lipinski definition) is 2. The van der Waals surface area contributed by atoms with E-state index in [0.717, 1.165) is 17.3 Å². The third kappa shape index (κ3) is 2.22. The number of rotatable bonds is 3. The number of carboxylic acid groups (broad SMARTS) is 1. The lowest BCUT2D eigenvalue weighted by molar-refractivity contribution is -0.133. The van der Waals surface area contributed by atoms with Crippen LogP contribution < -0.4 is 0 Å². The Hall–Kier alpha value is -1.82. The Labute approximate surface area is 94.9 Å². The SMILES string of the molecule is O=C(O)CSC(=O)c1nc2ccccc2[nH]1. The first-order chi connectivity index (χ1) is 7.66. The van der Waals surface area contributed by atoms with Crippen LogP contribution in [0.2, 0.25) is 0 Å². The van der Waals surface area contributed by atoms with Crippen LogP contribution in [-0.4, -0.2) is 31.9 Å². The molecule has 2 rings (SSSR count). The van der Waals surface area contributed by atoms with Crippen molar-refractivity contribution in [1.29, 1.82) is 0 Å². The maximum atomic E-state index is 11.5. The Bertz CT molecular complexity index is 517. The number of nitrogens with zero attached hydrogens (tertiary/aromatic N) is 1. The van der Waals surface area contributed by atoms with Crippen LogP contribution in [0.15, 0.2) is 24.3 Å². The Morgan fingerprint density at radius 2 is 2.12 bits per heavy atom. The molecule has 0 aliphatic heterocycles. The molecule has 82 valence electrons. The van der Waals surface area contributed by atoms with E-state index < -0.39 is 5.97 Å². The second-order valence-electron chi connectivity index (χ2n) is 3.07. The summed E-state index contributed by atoms with van der Waals surface area (Å²) in [6, 6.07) is 7.24. The van der Waals surface area contributed by atoms with Crippen molar-refractivity contribution in [2.75, 3.05) is 5.75 Å². The van der Waals surface area contributed by atoms with Gasteiger partial charge >= 0.3 is 5.97 Å². The summed E-state index contributed by atoms with van der Waals surface area (Å²) in [7, 11) is 0. The Kier molecular flexibility index (Phi) is 2.91. The molecular formula is C10H8N2O3S. The number of carboxylic acids is 1. The van der Waals surface area contributed by atoms with Crippen molar-refractivity contribution in [3.8, 4) is 0 Å². The van der Waals surface area contributed by atoms with Crippen molar-refractivity contribution in [1.82, 2.24) is 9.97 Å². The highest BCUT2D eigenvalue weighted by atomic mass is 32.2. The number of carbonyl (C=O) groups excluding carboxylic acids is 1. The lowest BCUT2D eigenvalue weighted by atomic mass is 10.3. The number of benzene rings is 1. The van der Waals surface area contributed by atoms with Gasteiger partial charge in [0, 0.05) is 0 Å². The fourth-order valence-electron chi connectivity index (χ4n) is 1.25. The first-order valence-electron chi connectivity index (χ1n) is 4.50. The van der Waals surface area contributed by atoms with Crippen molar-refractivity contribution in [2.24, 2.45) is 0 Å². The highest BCUT2D eigenvalue weighted by Crippen LogP contribution is 2.14. The molecule has 6 heteroatoms. The molecule has 0 unspecified atom stereocenters. The molecule has 0 amide bonds. The summed E-state index contributed by atoms with van der Waals surface area (Å²) in [5.41, 5.74) is 1.46. The van der Waals surface area contributed by atoms with E-state index in [-0.39, 0.29) is 16.7 Å². The number of aromatic amines is 1. The zero-order valence-electron chi connectivity index (χ0n) is 8.14. The second-order valence-corrected chi connectivity index (χ2v) is 4.02. The third-order valence-corrected chi connectivity index (χ3v) is 2.76. The van der Waals surface area contributed by atoms with E-state index in [0.29, 0.717) is 5.52 Å². The molecule has 0 atom stereocenters. The predicted octanol–water partition coefficient (Wildman–Crippen LogP) is 1.52. The lowest BCUT2D eigenvalue weighted by Gasteiger charge is -1.92. The predicted molar refractivity (Wildman–Crippen MR) is 60.5 cm³/mol. The molecule has 5 nitrogen and oxygen atoms in total. The van der Waals surface area contributed by atoms with Gasteiger partial charge in [0.15, 0.2) is 5.82 Å². The van der Waals surface area contributed by atoms with Crippen LogP contribution in [0, 0.1) is 0 Å². The summed E-state index contributed by atoms with van der Waals surface area (Å²) in [4.78, 5) is 28.7. The average Bonchev–Trinajstić information content (AvgIpc) is 2.69. The molecule has 1 aromatic heterocycles. The topological polar surface area (TPSA) is 83.0 Å². The maximum Gasteiger partial charge on any atom is 0.313 e. The molecule has 1 heterocycles. The van der Waals surface area contributed by atoms with Gasteiger partial charge in [0.05, 0.1) is 16.8 Å². The van der Waals surface area contributed by atoms with Gasteiger partial charge in [-0.15, -0.1) is 0 Å². The first kappa shape index (κ1) is 10.7. The number of H-pyrrole nitrogens is 1. The van der Waals surface area contributed by atoms with Crippen molar-refractivity contribution in [3.63, 3.8) is 0 Å². The average molecular weight is 236 g/mol. The molecule has 0 aliphatic rings.